The Hall–Kier alpha value is -1.29. The fraction of sp³-hybridized carbons (Fsp3) is 0. The number of anilines is 1. The van der Waals surface area contributed by atoms with Gasteiger partial charge in [-0.25, -0.2) is 4.98 Å². The second kappa shape index (κ2) is 5.14. The summed E-state index contributed by atoms with van der Waals surface area (Å²) < 4.78 is 0. The van der Waals surface area contributed by atoms with Crippen LogP contribution in [-0.4, -0.2) is 11.3 Å². The van der Waals surface area contributed by atoms with E-state index in [2.05, 4.69) is 4.98 Å². The van der Waals surface area contributed by atoms with Crippen molar-refractivity contribution in [3.8, 4) is 11.1 Å². The zero-order valence-electron chi connectivity index (χ0n) is 8.95. The third-order valence-electron chi connectivity index (χ3n) is 2.39. The molecule has 0 saturated carbocycles. The molecule has 0 radical (unpaired) electrons. The van der Waals surface area contributed by atoms with Crippen LogP contribution in [0.3, 0.4) is 0 Å². The van der Waals surface area contributed by atoms with Crippen LogP contribution in [0.1, 0.15) is 10.4 Å². The van der Waals surface area contributed by atoms with E-state index in [1.54, 1.807) is 18.2 Å². The number of pyridine rings is 1. The topological polar surface area (TPSA) is 56.0 Å². The number of benzene rings is 1. The second-order valence-corrected chi connectivity index (χ2v) is 4.76. The first-order valence-corrected chi connectivity index (χ1v) is 6.02. The van der Waals surface area contributed by atoms with E-state index in [0.717, 1.165) is 0 Å². The molecule has 0 unspecified atom stereocenters. The quantitative estimate of drug-likeness (QED) is 0.671. The van der Waals surface area contributed by atoms with Crippen molar-refractivity contribution in [2.45, 2.75) is 0 Å². The van der Waals surface area contributed by atoms with Crippen LogP contribution in [0.2, 0.25) is 15.1 Å². The van der Waals surface area contributed by atoms with E-state index in [1.807, 2.05) is 0 Å². The van der Waals surface area contributed by atoms with Gasteiger partial charge < -0.3 is 5.73 Å². The number of hydrogen-bond acceptors (Lipinski definition) is 3. The van der Waals surface area contributed by atoms with Gasteiger partial charge in [-0.3, -0.25) is 4.79 Å². The second-order valence-electron chi connectivity index (χ2n) is 3.57. The molecule has 2 N–H and O–H groups in total. The van der Waals surface area contributed by atoms with Crippen LogP contribution >= 0.6 is 34.8 Å². The summed E-state index contributed by atoms with van der Waals surface area (Å²) in [5, 5.41) is 0.966. The van der Waals surface area contributed by atoms with Crippen LogP contribution in [0.5, 0.6) is 0 Å². The van der Waals surface area contributed by atoms with Crippen molar-refractivity contribution >= 4 is 46.9 Å². The number of carbonyl (C=O) groups excluding carboxylic acids is 1. The Morgan fingerprint density at radius 2 is 1.67 bits per heavy atom. The van der Waals surface area contributed by atoms with E-state index >= 15 is 0 Å². The Bertz CT molecular complexity index is 606. The van der Waals surface area contributed by atoms with Crippen molar-refractivity contribution < 1.29 is 4.79 Å². The molecular weight excluding hydrogens is 295 g/mol. The molecule has 1 aromatic carbocycles. The normalized spacial score (nSPS) is 10.4. The molecule has 0 bridgehead atoms. The van der Waals surface area contributed by atoms with Gasteiger partial charge in [0.15, 0.2) is 6.29 Å². The molecule has 92 valence electrons. The summed E-state index contributed by atoms with van der Waals surface area (Å²) in [7, 11) is 0. The van der Waals surface area contributed by atoms with Crippen molar-refractivity contribution in [2.24, 2.45) is 0 Å². The highest BCUT2D eigenvalue weighted by molar-refractivity contribution is 6.48. The van der Waals surface area contributed by atoms with E-state index < -0.39 is 0 Å². The van der Waals surface area contributed by atoms with Gasteiger partial charge in [0.05, 0.1) is 20.6 Å². The van der Waals surface area contributed by atoms with Gasteiger partial charge in [-0.15, -0.1) is 0 Å². The summed E-state index contributed by atoms with van der Waals surface area (Å²) in [6, 6.07) is 4.92. The van der Waals surface area contributed by atoms with E-state index in [9.17, 15) is 4.79 Å². The smallest absolute Gasteiger partial charge is 0.153 e. The van der Waals surface area contributed by atoms with Gasteiger partial charge >= 0.3 is 0 Å². The summed E-state index contributed by atoms with van der Waals surface area (Å²) in [5.41, 5.74) is 7.26. The number of nitrogens with two attached hydrogens (primary N) is 1. The third-order valence-corrected chi connectivity index (χ3v) is 3.59. The predicted molar refractivity (Wildman–Crippen MR) is 74.5 cm³/mol. The van der Waals surface area contributed by atoms with Gasteiger partial charge in [-0.1, -0.05) is 34.8 Å². The van der Waals surface area contributed by atoms with Crippen LogP contribution in [0.15, 0.2) is 24.4 Å². The maximum Gasteiger partial charge on any atom is 0.153 e. The highest BCUT2D eigenvalue weighted by Crippen LogP contribution is 2.35. The molecule has 6 heteroatoms. The van der Waals surface area contributed by atoms with Crippen LogP contribution in [0.25, 0.3) is 11.1 Å². The van der Waals surface area contributed by atoms with Crippen LogP contribution in [0.4, 0.5) is 5.82 Å². The molecule has 2 aromatic rings. The SMILES string of the molecule is Nc1ncc(-c2cc(Cl)c(Cl)c(Cl)c2)cc1C=O. The van der Waals surface area contributed by atoms with Crippen LogP contribution in [-0.2, 0) is 0 Å². The van der Waals surface area contributed by atoms with Crippen molar-refractivity contribution in [3.63, 3.8) is 0 Å². The summed E-state index contributed by atoms with van der Waals surface area (Å²) in [4.78, 5) is 14.7. The summed E-state index contributed by atoms with van der Waals surface area (Å²) in [6.07, 6.45) is 2.18. The summed E-state index contributed by atoms with van der Waals surface area (Å²) >= 11 is 17.8. The predicted octanol–water partition coefficient (Wildman–Crippen LogP) is 4.10. The van der Waals surface area contributed by atoms with Crippen molar-refractivity contribution in [1.29, 1.82) is 0 Å². The van der Waals surface area contributed by atoms with Gasteiger partial charge in [0, 0.05) is 11.8 Å². The highest BCUT2D eigenvalue weighted by atomic mass is 35.5. The fourth-order valence-electron chi connectivity index (χ4n) is 1.47. The molecule has 0 aliphatic heterocycles. The summed E-state index contributed by atoms with van der Waals surface area (Å²) in [5.74, 6) is 0.180. The molecule has 1 heterocycles. The lowest BCUT2D eigenvalue weighted by atomic mass is 10.1. The monoisotopic (exact) mass is 300 g/mol. The zero-order valence-corrected chi connectivity index (χ0v) is 11.2. The van der Waals surface area contributed by atoms with Gasteiger partial charge in [0.2, 0.25) is 0 Å². The number of nitrogens with zero attached hydrogens (tertiary/aromatic N) is 1. The number of hydrogen-bond donors (Lipinski definition) is 1. The minimum absolute atomic E-state index is 0.180. The molecule has 1 aromatic heterocycles. The molecule has 2 rings (SSSR count). The van der Waals surface area contributed by atoms with Crippen LogP contribution < -0.4 is 5.73 Å². The molecule has 18 heavy (non-hydrogen) atoms. The first-order valence-electron chi connectivity index (χ1n) is 4.88. The average Bonchev–Trinajstić information content (AvgIpc) is 2.36. The molecule has 0 atom stereocenters. The Balaban J connectivity index is 2.58. The van der Waals surface area contributed by atoms with E-state index in [4.69, 9.17) is 40.5 Å². The average molecular weight is 302 g/mol. The Morgan fingerprint density at radius 3 is 2.22 bits per heavy atom. The van der Waals surface area contributed by atoms with Gasteiger partial charge in [-0.2, -0.15) is 0 Å². The first-order chi connectivity index (χ1) is 8.52. The van der Waals surface area contributed by atoms with Crippen molar-refractivity contribution in [2.75, 3.05) is 5.73 Å². The van der Waals surface area contributed by atoms with E-state index in [-0.39, 0.29) is 5.82 Å². The molecule has 0 saturated heterocycles. The summed E-state index contributed by atoms with van der Waals surface area (Å²) in [6.45, 7) is 0. The van der Waals surface area contributed by atoms with Gasteiger partial charge in [0.25, 0.3) is 0 Å². The Kier molecular flexibility index (Phi) is 3.76. The van der Waals surface area contributed by atoms with E-state index in [0.29, 0.717) is 38.0 Å². The minimum Gasteiger partial charge on any atom is -0.383 e. The lowest BCUT2D eigenvalue weighted by Crippen LogP contribution is -1.97. The number of rotatable bonds is 2. The largest absolute Gasteiger partial charge is 0.383 e. The standard InChI is InChI=1S/C12H7Cl3N2O/c13-9-2-6(3-10(14)11(9)15)7-1-8(5-18)12(16)17-4-7/h1-5H,(H2,16,17). The minimum atomic E-state index is 0.180. The van der Waals surface area contributed by atoms with E-state index in [1.165, 1.54) is 6.20 Å². The number of carbonyl (C=O) groups is 1. The van der Waals surface area contributed by atoms with Crippen LogP contribution in [0, 0.1) is 0 Å². The maximum absolute atomic E-state index is 10.8. The molecule has 0 aliphatic carbocycles. The number of aromatic nitrogens is 1. The molecule has 0 spiro atoms. The number of nitrogen functional groups attached to an aromatic ring is 1. The molecule has 0 amide bonds. The maximum atomic E-state index is 10.8. The molecular formula is C12H7Cl3N2O. The Labute approximate surface area is 118 Å². The lowest BCUT2D eigenvalue weighted by molar-refractivity contribution is 0.112. The number of aldehydes is 1. The molecule has 0 aliphatic rings. The Morgan fingerprint density at radius 1 is 1.06 bits per heavy atom. The van der Waals surface area contributed by atoms with Gasteiger partial charge in [-0.05, 0) is 23.8 Å². The van der Waals surface area contributed by atoms with Gasteiger partial charge in [0.1, 0.15) is 5.82 Å². The number of halogens is 3. The fourth-order valence-corrected chi connectivity index (χ4v) is 2.06. The zero-order chi connectivity index (χ0) is 13.3. The van der Waals surface area contributed by atoms with Crippen molar-refractivity contribution in [1.82, 2.24) is 4.98 Å². The molecule has 0 fully saturated rings. The molecule has 3 nitrogen and oxygen atoms in total. The lowest BCUT2D eigenvalue weighted by Gasteiger charge is -2.07. The third kappa shape index (κ3) is 2.43. The highest BCUT2D eigenvalue weighted by Gasteiger charge is 2.09. The first kappa shape index (κ1) is 13.1. The van der Waals surface area contributed by atoms with Crippen molar-refractivity contribution in [3.05, 3.63) is 45.0 Å².